The van der Waals surface area contributed by atoms with Gasteiger partial charge in [0.05, 0.1) is 18.5 Å². The normalized spacial score (nSPS) is 18.4. The number of aliphatic carboxylic acids is 1. The third-order valence-corrected chi connectivity index (χ3v) is 3.85. The number of aryl methyl sites for hydroxylation is 1. The van der Waals surface area contributed by atoms with Crippen molar-refractivity contribution in [3.05, 3.63) is 28.8 Å². The summed E-state index contributed by atoms with van der Waals surface area (Å²) in [5, 5.41) is 8.82. The van der Waals surface area contributed by atoms with Gasteiger partial charge in [-0.15, -0.1) is 0 Å². The second kappa shape index (κ2) is 4.35. The number of hydrogen-bond donors (Lipinski definition) is 2. The van der Waals surface area contributed by atoms with Crippen LogP contribution in [0.2, 0.25) is 0 Å². The molecule has 5 heteroatoms. The monoisotopic (exact) mass is 260 g/mol. The average Bonchev–Trinajstić information content (AvgIpc) is 2.67. The fourth-order valence-electron chi connectivity index (χ4n) is 3.03. The molecule has 0 bridgehead atoms. The van der Waals surface area contributed by atoms with E-state index in [1.807, 2.05) is 17.0 Å². The van der Waals surface area contributed by atoms with Crippen molar-refractivity contribution in [2.75, 3.05) is 11.4 Å². The minimum Gasteiger partial charge on any atom is -0.481 e. The number of carboxylic acids is 1. The molecule has 5 nitrogen and oxygen atoms in total. The summed E-state index contributed by atoms with van der Waals surface area (Å²) in [5.74, 6) is -0.765. The van der Waals surface area contributed by atoms with Gasteiger partial charge in [-0.25, -0.2) is 0 Å². The third-order valence-electron chi connectivity index (χ3n) is 3.85. The van der Waals surface area contributed by atoms with Gasteiger partial charge >= 0.3 is 5.97 Å². The summed E-state index contributed by atoms with van der Waals surface area (Å²) in [4.78, 5) is 24.5. The molecule has 2 aliphatic heterocycles. The van der Waals surface area contributed by atoms with E-state index in [1.54, 1.807) is 0 Å². The number of hydrogen-bond acceptors (Lipinski definition) is 3. The molecule has 0 aliphatic carbocycles. The lowest BCUT2D eigenvalue weighted by Gasteiger charge is -2.26. The number of nitrogens with two attached hydrogens (primary N) is 1. The number of carboxylic acid groups (broad SMARTS) is 1. The van der Waals surface area contributed by atoms with Crippen molar-refractivity contribution in [2.24, 2.45) is 5.73 Å². The first-order chi connectivity index (χ1) is 9.06. The van der Waals surface area contributed by atoms with Crippen molar-refractivity contribution < 1.29 is 14.7 Å². The summed E-state index contributed by atoms with van der Waals surface area (Å²) in [5.41, 5.74) is 9.92. The van der Waals surface area contributed by atoms with E-state index in [0.29, 0.717) is 6.42 Å². The van der Waals surface area contributed by atoms with Gasteiger partial charge in [0.15, 0.2) is 0 Å². The highest BCUT2D eigenvalue weighted by molar-refractivity contribution is 6.02. The van der Waals surface area contributed by atoms with Crippen molar-refractivity contribution in [3.63, 3.8) is 0 Å². The van der Waals surface area contributed by atoms with E-state index in [1.165, 1.54) is 0 Å². The maximum atomic E-state index is 11.9. The lowest BCUT2D eigenvalue weighted by Crippen LogP contribution is -2.31. The van der Waals surface area contributed by atoms with Gasteiger partial charge in [0.1, 0.15) is 0 Å². The Morgan fingerprint density at radius 3 is 2.89 bits per heavy atom. The second-order valence-corrected chi connectivity index (χ2v) is 5.22. The zero-order valence-electron chi connectivity index (χ0n) is 10.6. The van der Waals surface area contributed by atoms with Crippen molar-refractivity contribution >= 4 is 17.6 Å². The topological polar surface area (TPSA) is 83.6 Å². The molecule has 1 aromatic rings. The summed E-state index contributed by atoms with van der Waals surface area (Å²) in [6.45, 7) is 0.791. The van der Waals surface area contributed by atoms with E-state index in [-0.39, 0.29) is 12.3 Å². The second-order valence-electron chi connectivity index (χ2n) is 5.22. The highest BCUT2D eigenvalue weighted by atomic mass is 16.4. The molecule has 3 rings (SSSR count). The van der Waals surface area contributed by atoms with Crippen LogP contribution in [0.3, 0.4) is 0 Å². The highest BCUT2D eigenvalue weighted by Crippen LogP contribution is 2.38. The molecule has 2 heterocycles. The molecule has 100 valence electrons. The van der Waals surface area contributed by atoms with E-state index < -0.39 is 12.0 Å². The number of nitrogens with zero attached hydrogens (tertiary/aromatic N) is 1. The highest BCUT2D eigenvalue weighted by Gasteiger charge is 2.32. The lowest BCUT2D eigenvalue weighted by molar-refractivity contribution is -0.137. The van der Waals surface area contributed by atoms with Gasteiger partial charge in [-0.1, -0.05) is 12.1 Å². The average molecular weight is 260 g/mol. The first-order valence-electron chi connectivity index (χ1n) is 6.49. The molecule has 2 aliphatic rings. The number of amides is 1. The van der Waals surface area contributed by atoms with E-state index >= 15 is 0 Å². The van der Waals surface area contributed by atoms with Crippen LogP contribution in [0.1, 0.15) is 35.6 Å². The van der Waals surface area contributed by atoms with Crippen LogP contribution in [0.25, 0.3) is 0 Å². The van der Waals surface area contributed by atoms with Crippen LogP contribution in [0.5, 0.6) is 0 Å². The maximum absolute atomic E-state index is 11.9. The molecule has 0 saturated heterocycles. The molecule has 1 atom stereocenters. The Morgan fingerprint density at radius 2 is 2.16 bits per heavy atom. The fourth-order valence-corrected chi connectivity index (χ4v) is 3.03. The van der Waals surface area contributed by atoms with Crippen LogP contribution in [-0.2, 0) is 22.4 Å². The van der Waals surface area contributed by atoms with Gasteiger partial charge in [0.25, 0.3) is 0 Å². The third kappa shape index (κ3) is 2.00. The van der Waals surface area contributed by atoms with E-state index in [2.05, 4.69) is 0 Å². The Kier molecular flexibility index (Phi) is 2.78. The molecule has 0 radical (unpaired) electrons. The summed E-state index contributed by atoms with van der Waals surface area (Å²) in [7, 11) is 0. The minimum absolute atomic E-state index is 0.0874. The van der Waals surface area contributed by atoms with Crippen LogP contribution < -0.4 is 10.6 Å². The smallest absolute Gasteiger partial charge is 0.305 e. The van der Waals surface area contributed by atoms with Crippen LogP contribution >= 0.6 is 0 Å². The largest absolute Gasteiger partial charge is 0.481 e. The molecule has 3 N–H and O–H groups in total. The summed E-state index contributed by atoms with van der Waals surface area (Å²) < 4.78 is 0. The van der Waals surface area contributed by atoms with Gasteiger partial charge in [-0.3, -0.25) is 9.59 Å². The van der Waals surface area contributed by atoms with Gasteiger partial charge < -0.3 is 15.7 Å². The Labute approximate surface area is 111 Å². The van der Waals surface area contributed by atoms with Gasteiger partial charge in [0, 0.05) is 12.6 Å². The quantitative estimate of drug-likeness (QED) is 0.849. The number of carbonyl (C=O) groups is 2. The van der Waals surface area contributed by atoms with Crippen molar-refractivity contribution in [1.29, 1.82) is 0 Å². The summed E-state index contributed by atoms with van der Waals surface area (Å²) in [6, 6.07) is 3.36. The molecule has 0 aromatic heterocycles. The van der Waals surface area contributed by atoms with Crippen molar-refractivity contribution in [2.45, 2.75) is 31.7 Å². The SMILES string of the molecule is NC(CC(=O)O)c1cc2c3c(c1)CC(=O)N3CCC2. The van der Waals surface area contributed by atoms with E-state index in [4.69, 9.17) is 10.8 Å². The zero-order valence-corrected chi connectivity index (χ0v) is 10.6. The molecule has 0 fully saturated rings. The molecular weight excluding hydrogens is 244 g/mol. The van der Waals surface area contributed by atoms with Crippen molar-refractivity contribution in [1.82, 2.24) is 0 Å². The number of rotatable bonds is 3. The predicted octanol–water partition coefficient (Wildman–Crippen LogP) is 0.996. The Bertz CT molecular complexity index is 568. The first-order valence-corrected chi connectivity index (χ1v) is 6.49. The Morgan fingerprint density at radius 1 is 1.42 bits per heavy atom. The number of benzene rings is 1. The predicted molar refractivity (Wildman–Crippen MR) is 70.0 cm³/mol. The van der Waals surface area contributed by atoms with E-state index in [0.717, 1.165) is 41.8 Å². The van der Waals surface area contributed by atoms with Crippen LogP contribution in [0, 0.1) is 0 Å². The van der Waals surface area contributed by atoms with Crippen LogP contribution in [0.4, 0.5) is 5.69 Å². The minimum atomic E-state index is -0.903. The molecule has 1 aromatic carbocycles. The van der Waals surface area contributed by atoms with Gasteiger partial charge in [-0.2, -0.15) is 0 Å². The standard InChI is InChI=1S/C14H16N2O3/c15-11(7-13(18)19)9-4-8-2-1-3-16-12(17)6-10(5-9)14(8)16/h4-5,11H,1-3,6-7,15H2,(H,18,19). The Hall–Kier alpha value is -1.88. The van der Waals surface area contributed by atoms with Crippen LogP contribution in [-0.4, -0.2) is 23.5 Å². The molecule has 0 spiro atoms. The van der Waals surface area contributed by atoms with Gasteiger partial charge in [0.2, 0.25) is 5.91 Å². The lowest BCUT2D eigenvalue weighted by atomic mass is 9.93. The van der Waals surface area contributed by atoms with E-state index in [9.17, 15) is 9.59 Å². The molecule has 1 amide bonds. The molecule has 1 unspecified atom stereocenters. The maximum Gasteiger partial charge on any atom is 0.305 e. The molecular formula is C14H16N2O3. The Balaban J connectivity index is 2.01. The van der Waals surface area contributed by atoms with Crippen molar-refractivity contribution in [3.8, 4) is 0 Å². The fraction of sp³-hybridized carbons (Fsp3) is 0.429. The number of anilines is 1. The van der Waals surface area contributed by atoms with Crippen LogP contribution in [0.15, 0.2) is 12.1 Å². The zero-order chi connectivity index (χ0) is 13.6. The molecule has 0 saturated carbocycles. The summed E-state index contributed by atoms with van der Waals surface area (Å²) >= 11 is 0. The van der Waals surface area contributed by atoms with Gasteiger partial charge in [-0.05, 0) is 29.5 Å². The first kappa shape index (κ1) is 12.2. The molecule has 19 heavy (non-hydrogen) atoms. The summed E-state index contributed by atoms with van der Waals surface area (Å²) in [6.07, 6.45) is 2.21. The number of carbonyl (C=O) groups excluding carboxylic acids is 1.